The first-order chi connectivity index (χ1) is 11.6. The standard InChI is InChI=1S/C20H20N2O2/c1-14(23)18-13-22(12-16-8-4-3-5-9-16)19-11-7-6-10-17(19)20(18)21-15(2)24/h3-11H,12-13H2,1-2H3,(H,21,24). The van der Waals surface area contributed by atoms with Crippen LogP contribution in [-0.2, 0) is 16.1 Å². The number of amides is 1. The minimum absolute atomic E-state index is 0.0219. The summed E-state index contributed by atoms with van der Waals surface area (Å²) in [7, 11) is 0. The molecule has 1 aliphatic heterocycles. The van der Waals surface area contributed by atoms with Gasteiger partial charge in [-0.3, -0.25) is 9.59 Å². The summed E-state index contributed by atoms with van der Waals surface area (Å²) in [6.45, 7) is 4.20. The Bertz CT molecular complexity index is 809. The predicted molar refractivity (Wildman–Crippen MR) is 95.4 cm³/mol. The first kappa shape index (κ1) is 16.0. The van der Waals surface area contributed by atoms with Gasteiger partial charge in [0.25, 0.3) is 0 Å². The molecule has 0 spiro atoms. The molecule has 2 aromatic rings. The lowest BCUT2D eigenvalue weighted by atomic mass is 9.95. The highest BCUT2D eigenvalue weighted by Gasteiger charge is 2.27. The van der Waals surface area contributed by atoms with Crippen LogP contribution in [0.3, 0.4) is 0 Å². The molecule has 4 heteroatoms. The Hall–Kier alpha value is -2.88. The van der Waals surface area contributed by atoms with Crippen molar-refractivity contribution in [3.63, 3.8) is 0 Å². The van der Waals surface area contributed by atoms with Gasteiger partial charge in [-0.05, 0) is 18.6 Å². The normalized spacial score (nSPS) is 13.5. The number of hydrogen-bond acceptors (Lipinski definition) is 3. The van der Waals surface area contributed by atoms with Crippen LogP contribution in [0.2, 0.25) is 0 Å². The van der Waals surface area contributed by atoms with Gasteiger partial charge in [-0.1, -0.05) is 48.5 Å². The number of rotatable bonds is 4. The zero-order valence-corrected chi connectivity index (χ0v) is 13.9. The highest BCUT2D eigenvalue weighted by molar-refractivity contribution is 6.06. The number of anilines is 1. The predicted octanol–water partition coefficient (Wildman–Crippen LogP) is 3.14. The number of nitrogens with one attached hydrogen (secondary N) is 1. The van der Waals surface area contributed by atoms with Crippen molar-refractivity contribution in [2.75, 3.05) is 11.4 Å². The number of nitrogens with zero attached hydrogens (tertiary/aromatic N) is 1. The van der Waals surface area contributed by atoms with Crippen LogP contribution < -0.4 is 10.2 Å². The van der Waals surface area contributed by atoms with E-state index in [-0.39, 0.29) is 11.7 Å². The number of hydrogen-bond donors (Lipinski definition) is 1. The molecule has 1 N–H and O–H groups in total. The van der Waals surface area contributed by atoms with Crippen LogP contribution in [0.1, 0.15) is 25.0 Å². The Balaban J connectivity index is 2.05. The first-order valence-electron chi connectivity index (χ1n) is 7.96. The molecule has 24 heavy (non-hydrogen) atoms. The topological polar surface area (TPSA) is 49.4 Å². The van der Waals surface area contributed by atoms with Crippen molar-refractivity contribution in [1.29, 1.82) is 0 Å². The van der Waals surface area contributed by atoms with E-state index in [9.17, 15) is 9.59 Å². The molecule has 0 aliphatic carbocycles. The lowest BCUT2D eigenvalue weighted by Crippen LogP contribution is -2.35. The van der Waals surface area contributed by atoms with Crippen LogP contribution in [-0.4, -0.2) is 18.2 Å². The van der Waals surface area contributed by atoms with Crippen LogP contribution in [0.5, 0.6) is 0 Å². The van der Waals surface area contributed by atoms with Crippen molar-refractivity contribution in [2.24, 2.45) is 0 Å². The molecule has 0 saturated carbocycles. The molecule has 0 unspecified atom stereocenters. The Morgan fingerprint density at radius 1 is 1.00 bits per heavy atom. The molecule has 0 radical (unpaired) electrons. The molecule has 0 bridgehead atoms. The molecule has 0 saturated heterocycles. The third-order valence-corrected chi connectivity index (χ3v) is 4.11. The number of para-hydroxylation sites is 1. The number of fused-ring (bicyclic) bond motifs is 1. The van der Waals surface area contributed by atoms with E-state index in [0.717, 1.165) is 11.3 Å². The smallest absolute Gasteiger partial charge is 0.221 e. The zero-order valence-electron chi connectivity index (χ0n) is 13.9. The molecular weight excluding hydrogens is 300 g/mol. The lowest BCUT2D eigenvalue weighted by Gasteiger charge is -2.34. The van der Waals surface area contributed by atoms with E-state index >= 15 is 0 Å². The zero-order chi connectivity index (χ0) is 17.1. The van der Waals surface area contributed by atoms with Gasteiger partial charge in [0.2, 0.25) is 5.91 Å². The molecule has 4 nitrogen and oxygen atoms in total. The maximum absolute atomic E-state index is 12.2. The van der Waals surface area contributed by atoms with Gasteiger partial charge in [-0.25, -0.2) is 0 Å². The third-order valence-electron chi connectivity index (χ3n) is 4.11. The molecule has 0 fully saturated rings. The van der Waals surface area contributed by atoms with Crippen LogP contribution >= 0.6 is 0 Å². The largest absolute Gasteiger partial charge is 0.362 e. The molecule has 0 atom stereocenters. The average molecular weight is 320 g/mol. The number of benzene rings is 2. The fraction of sp³-hybridized carbons (Fsp3) is 0.200. The van der Waals surface area contributed by atoms with Gasteiger partial charge in [0.1, 0.15) is 0 Å². The Morgan fingerprint density at radius 3 is 2.33 bits per heavy atom. The van der Waals surface area contributed by atoms with E-state index in [0.29, 0.717) is 24.4 Å². The monoisotopic (exact) mass is 320 g/mol. The summed E-state index contributed by atoms with van der Waals surface area (Å²) in [6.07, 6.45) is 0. The van der Waals surface area contributed by atoms with Crippen molar-refractivity contribution >= 4 is 23.1 Å². The summed E-state index contributed by atoms with van der Waals surface area (Å²) < 4.78 is 0. The maximum atomic E-state index is 12.2. The second-order valence-corrected chi connectivity index (χ2v) is 5.95. The highest BCUT2D eigenvalue weighted by atomic mass is 16.1. The minimum Gasteiger partial charge on any atom is -0.362 e. The van der Waals surface area contributed by atoms with E-state index in [1.165, 1.54) is 12.5 Å². The van der Waals surface area contributed by atoms with E-state index in [4.69, 9.17) is 0 Å². The van der Waals surface area contributed by atoms with Gasteiger partial charge in [0.05, 0.1) is 5.70 Å². The quantitative estimate of drug-likeness (QED) is 0.941. The van der Waals surface area contributed by atoms with Gasteiger partial charge in [-0.2, -0.15) is 0 Å². The van der Waals surface area contributed by atoms with Crippen molar-refractivity contribution in [2.45, 2.75) is 20.4 Å². The number of ketones is 1. The Morgan fingerprint density at radius 2 is 1.67 bits per heavy atom. The summed E-state index contributed by atoms with van der Waals surface area (Å²) in [5, 5.41) is 2.85. The van der Waals surface area contributed by atoms with E-state index < -0.39 is 0 Å². The van der Waals surface area contributed by atoms with E-state index in [2.05, 4.69) is 22.3 Å². The van der Waals surface area contributed by atoms with Gasteiger partial charge < -0.3 is 10.2 Å². The molecule has 3 rings (SSSR count). The fourth-order valence-corrected chi connectivity index (χ4v) is 3.03. The first-order valence-corrected chi connectivity index (χ1v) is 7.96. The van der Waals surface area contributed by atoms with E-state index in [1.807, 2.05) is 42.5 Å². The minimum atomic E-state index is -0.171. The van der Waals surface area contributed by atoms with Gasteiger partial charge in [-0.15, -0.1) is 0 Å². The molecule has 1 aliphatic rings. The maximum Gasteiger partial charge on any atom is 0.221 e. The van der Waals surface area contributed by atoms with Crippen LogP contribution in [0, 0.1) is 0 Å². The Kier molecular flexibility index (Phi) is 4.47. The van der Waals surface area contributed by atoms with Crippen molar-refractivity contribution in [3.8, 4) is 0 Å². The molecule has 1 amide bonds. The Labute approximate surface area is 141 Å². The summed E-state index contributed by atoms with van der Waals surface area (Å²) in [4.78, 5) is 25.9. The SMILES string of the molecule is CC(=O)NC1=C(C(C)=O)CN(Cc2ccccc2)c2ccccc21. The second-order valence-electron chi connectivity index (χ2n) is 5.95. The lowest BCUT2D eigenvalue weighted by molar-refractivity contribution is -0.117. The highest BCUT2D eigenvalue weighted by Crippen LogP contribution is 2.34. The summed E-state index contributed by atoms with van der Waals surface area (Å²) in [5.74, 6) is -0.193. The number of Topliss-reactive ketones (excluding diaryl/α,β-unsaturated/α-hetero) is 1. The number of carbonyl (C=O) groups excluding carboxylic acids is 2. The summed E-state index contributed by atoms with van der Waals surface area (Å²) >= 11 is 0. The fourth-order valence-electron chi connectivity index (χ4n) is 3.03. The van der Waals surface area contributed by atoms with Crippen LogP contribution in [0.15, 0.2) is 60.2 Å². The van der Waals surface area contributed by atoms with Gasteiger partial charge in [0.15, 0.2) is 5.78 Å². The van der Waals surface area contributed by atoms with Gasteiger partial charge >= 0.3 is 0 Å². The van der Waals surface area contributed by atoms with Crippen molar-refractivity contribution < 1.29 is 9.59 Å². The molecule has 2 aromatic carbocycles. The van der Waals surface area contributed by atoms with E-state index in [1.54, 1.807) is 6.92 Å². The van der Waals surface area contributed by atoms with Crippen LogP contribution in [0.25, 0.3) is 5.70 Å². The summed E-state index contributed by atoms with van der Waals surface area (Å²) in [6, 6.07) is 18.0. The molecule has 0 aromatic heterocycles. The third kappa shape index (κ3) is 3.23. The average Bonchev–Trinajstić information content (AvgIpc) is 2.57. The van der Waals surface area contributed by atoms with Crippen molar-refractivity contribution in [3.05, 3.63) is 71.3 Å². The van der Waals surface area contributed by atoms with Gasteiger partial charge in [0, 0.05) is 36.8 Å². The molecule has 1 heterocycles. The summed E-state index contributed by atoms with van der Waals surface area (Å²) in [5.41, 5.74) is 4.36. The molecule has 122 valence electrons. The van der Waals surface area contributed by atoms with Crippen LogP contribution in [0.4, 0.5) is 5.69 Å². The second kappa shape index (κ2) is 6.71. The number of carbonyl (C=O) groups is 2. The van der Waals surface area contributed by atoms with Crippen molar-refractivity contribution in [1.82, 2.24) is 5.32 Å². The molecular formula is C20H20N2O2.